The van der Waals surface area contributed by atoms with Gasteiger partial charge in [-0.2, -0.15) is 0 Å². The lowest BCUT2D eigenvalue weighted by Crippen LogP contribution is -2.46. The number of nitrogens with zero attached hydrogens (tertiary/aromatic N) is 1. The van der Waals surface area contributed by atoms with Crippen LogP contribution in [0.4, 0.5) is 4.39 Å². The van der Waals surface area contributed by atoms with Gasteiger partial charge in [0, 0.05) is 16.4 Å². The molecule has 3 unspecified atom stereocenters. The second kappa shape index (κ2) is 5.85. The smallest absolute Gasteiger partial charge is 0.156 e. The molecule has 2 rings (SSSR count). The van der Waals surface area contributed by atoms with Crippen LogP contribution in [0, 0.1) is 16.6 Å². The van der Waals surface area contributed by atoms with Gasteiger partial charge in [0.1, 0.15) is 27.1 Å². The third-order valence-electron chi connectivity index (χ3n) is 3.41. The van der Waals surface area contributed by atoms with Crippen LogP contribution in [-0.4, -0.2) is 20.9 Å². The molecule has 1 aliphatic heterocycles. The first-order valence-electron chi connectivity index (χ1n) is 7.40. The second-order valence-corrected chi connectivity index (χ2v) is 9.20. The number of benzene rings is 1. The Bertz CT molecular complexity index is 597. The van der Waals surface area contributed by atoms with Crippen LogP contribution < -0.4 is 0 Å². The Kier molecular flexibility index (Phi) is 4.60. The third-order valence-corrected chi connectivity index (χ3v) is 5.34. The summed E-state index contributed by atoms with van der Waals surface area (Å²) in [5, 5.41) is 0.492. The van der Waals surface area contributed by atoms with Gasteiger partial charge < -0.3 is 4.74 Å². The van der Waals surface area contributed by atoms with Gasteiger partial charge in [0.2, 0.25) is 0 Å². The van der Waals surface area contributed by atoms with E-state index in [0.717, 1.165) is 0 Å². The summed E-state index contributed by atoms with van der Waals surface area (Å²) < 4.78 is 32.1. The molecule has 0 saturated heterocycles. The summed E-state index contributed by atoms with van der Waals surface area (Å²) in [6, 6.07) is 5.97. The van der Waals surface area contributed by atoms with Crippen molar-refractivity contribution in [3.05, 3.63) is 35.6 Å². The molecule has 122 valence electrons. The molecule has 1 aromatic carbocycles. The zero-order valence-corrected chi connectivity index (χ0v) is 14.8. The van der Waals surface area contributed by atoms with Crippen molar-refractivity contribution in [2.75, 3.05) is 0 Å². The van der Waals surface area contributed by atoms with Crippen molar-refractivity contribution in [3.8, 4) is 0 Å². The lowest BCUT2D eigenvalue weighted by Gasteiger charge is -2.40. The molecule has 0 N–H and O–H groups in total. The number of aliphatic imine (C=N–C) groups is 1. The maximum atomic E-state index is 13.1. The summed E-state index contributed by atoms with van der Waals surface area (Å²) in [6.07, 6.45) is -0.380. The number of halogens is 1. The molecular weight excluding hydrogens is 301 g/mol. The predicted molar refractivity (Wildman–Crippen MR) is 88.7 cm³/mol. The molecule has 3 nitrogen and oxygen atoms in total. The summed E-state index contributed by atoms with van der Waals surface area (Å²) in [4.78, 5) is 4.57. The van der Waals surface area contributed by atoms with Gasteiger partial charge in [0.05, 0.1) is 0 Å². The molecule has 3 atom stereocenters. The van der Waals surface area contributed by atoms with Crippen LogP contribution in [-0.2, 0) is 15.5 Å². The number of rotatable bonds is 1. The molecular formula is C17H24FNO2S. The summed E-state index contributed by atoms with van der Waals surface area (Å²) in [6.45, 7) is 12.1. The van der Waals surface area contributed by atoms with E-state index in [1.165, 1.54) is 12.1 Å². The molecule has 1 aliphatic rings. The van der Waals surface area contributed by atoms with Crippen LogP contribution in [0.5, 0.6) is 0 Å². The highest BCUT2D eigenvalue weighted by Crippen LogP contribution is 2.36. The summed E-state index contributed by atoms with van der Waals surface area (Å²) in [5.41, 5.74) is -0.254. The Hall–Kier alpha value is -1.07. The van der Waals surface area contributed by atoms with Crippen molar-refractivity contribution in [3.63, 3.8) is 0 Å². The van der Waals surface area contributed by atoms with Gasteiger partial charge in [-0.05, 0) is 24.3 Å². The number of hydrogen-bond donors (Lipinski definition) is 0. The van der Waals surface area contributed by atoms with Gasteiger partial charge >= 0.3 is 0 Å². The second-order valence-electron chi connectivity index (χ2n) is 7.79. The first kappa shape index (κ1) is 17.3. The Labute approximate surface area is 134 Å². The van der Waals surface area contributed by atoms with Crippen molar-refractivity contribution in [2.24, 2.45) is 15.8 Å². The zero-order valence-electron chi connectivity index (χ0n) is 14.0. The molecule has 5 heteroatoms. The molecule has 1 aromatic rings. The topological polar surface area (TPSA) is 38.7 Å². The van der Waals surface area contributed by atoms with E-state index in [1.807, 2.05) is 41.5 Å². The summed E-state index contributed by atoms with van der Waals surface area (Å²) in [5.74, 6) is -0.318. The molecule has 0 aromatic heterocycles. The minimum atomic E-state index is -1.39. The van der Waals surface area contributed by atoms with Gasteiger partial charge in [-0.25, -0.2) is 13.6 Å². The monoisotopic (exact) mass is 325 g/mol. The van der Waals surface area contributed by atoms with Gasteiger partial charge in [0.25, 0.3) is 0 Å². The van der Waals surface area contributed by atoms with Gasteiger partial charge in [0.15, 0.2) is 6.23 Å². The van der Waals surface area contributed by atoms with E-state index in [2.05, 4.69) is 4.99 Å². The molecule has 0 saturated carbocycles. The SMILES string of the molecule is CC(C)(C)C1N=C(c2ccc(F)cc2)S(=O)C(C(C)(C)C)O1. The van der Waals surface area contributed by atoms with Crippen LogP contribution in [0.3, 0.4) is 0 Å². The Morgan fingerprint density at radius 2 is 1.59 bits per heavy atom. The molecule has 0 fully saturated rings. The van der Waals surface area contributed by atoms with Gasteiger partial charge in [-0.3, -0.25) is 0 Å². The normalized spacial score (nSPS) is 26.7. The first-order chi connectivity index (χ1) is 10.00. The van der Waals surface area contributed by atoms with Crippen molar-refractivity contribution >= 4 is 15.8 Å². The zero-order chi connectivity index (χ0) is 16.7. The fourth-order valence-corrected chi connectivity index (χ4v) is 3.78. The van der Waals surface area contributed by atoms with Gasteiger partial charge in [-0.1, -0.05) is 41.5 Å². The highest BCUT2D eigenvalue weighted by molar-refractivity contribution is 8.01. The highest BCUT2D eigenvalue weighted by Gasteiger charge is 2.42. The Balaban J connectivity index is 2.50. The van der Waals surface area contributed by atoms with Crippen LogP contribution in [0.1, 0.15) is 47.1 Å². The Morgan fingerprint density at radius 3 is 2.05 bits per heavy atom. The largest absolute Gasteiger partial charge is 0.338 e. The van der Waals surface area contributed by atoms with E-state index in [0.29, 0.717) is 10.6 Å². The molecule has 0 amide bonds. The summed E-state index contributed by atoms with van der Waals surface area (Å²) in [7, 11) is -1.39. The Morgan fingerprint density at radius 1 is 1.05 bits per heavy atom. The van der Waals surface area contributed by atoms with Crippen LogP contribution in [0.2, 0.25) is 0 Å². The van der Waals surface area contributed by atoms with E-state index in [9.17, 15) is 8.60 Å². The molecule has 0 bridgehead atoms. The molecule has 22 heavy (non-hydrogen) atoms. The standard InChI is InChI=1S/C17H24FNO2S/c1-16(2,3)14-19-13(11-7-9-12(18)10-8-11)22(20)15(21-14)17(4,5)6/h7-10,14-15H,1-6H3. The lowest BCUT2D eigenvalue weighted by atomic mass is 9.93. The van der Waals surface area contributed by atoms with E-state index in [1.54, 1.807) is 12.1 Å². The van der Waals surface area contributed by atoms with Crippen LogP contribution >= 0.6 is 0 Å². The molecule has 0 radical (unpaired) electrons. The van der Waals surface area contributed by atoms with Gasteiger partial charge in [-0.15, -0.1) is 0 Å². The fourth-order valence-electron chi connectivity index (χ4n) is 2.16. The van der Waals surface area contributed by atoms with E-state index in [-0.39, 0.29) is 22.9 Å². The van der Waals surface area contributed by atoms with Crippen LogP contribution in [0.25, 0.3) is 0 Å². The highest BCUT2D eigenvalue weighted by atomic mass is 32.2. The lowest BCUT2D eigenvalue weighted by molar-refractivity contribution is -0.0640. The predicted octanol–water partition coefficient (Wildman–Crippen LogP) is 4.10. The maximum Gasteiger partial charge on any atom is 0.156 e. The average Bonchev–Trinajstić information content (AvgIpc) is 2.37. The third kappa shape index (κ3) is 3.63. The fraction of sp³-hybridized carbons (Fsp3) is 0.588. The summed E-state index contributed by atoms with van der Waals surface area (Å²) >= 11 is 0. The average molecular weight is 325 g/mol. The molecule has 0 spiro atoms. The van der Waals surface area contributed by atoms with E-state index in [4.69, 9.17) is 4.74 Å². The minimum Gasteiger partial charge on any atom is -0.338 e. The maximum absolute atomic E-state index is 13.1. The molecule has 0 aliphatic carbocycles. The number of hydrogen-bond acceptors (Lipinski definition) is 3. The molecule has 1 heterocycles. The quantitative estimate of drug-likeness (QED) is 0.780. The first-order valence-corrected chi connectivity index (χ1v) is 8.61. The van der Waals surface area contributed by atoms with E-state index >= 15 is 0 Å². The van der Waals surface area contributed by atoms with Crippen molar-refractivity contribution in [1.82, 2.24) is 0 Å². The van der Waals surface area contributed by atoms with Crippen LogP contribution in [0.15, 0.2) is 29.3 Å². The van der Waals surface area contributed by atoms with Crippen molar-refractivity contribution in [1.29, 1.82) is 0 Å². The van der Waals surface area contributed by atoms with Crippen molar-refractivity contribution < 1.29 is 13.3 Å². The number of ether oxygens (including phenoxy) is 1. The minimum absolute atomic E-state index is 0.209. The van der Waals surface area contributed by atoms with E-state index < -0.39 is 16.2 Å². The van der Waals surface area contributed by atoms with Crippen molar-refractivity contribution in [2.45, 2.75) is 53.2 Å².